The fourth-order valence-electron chi connectivity index (χ4n) is 2.13. The van der Waals surface area contributed by atoms with Gasteiger partial charge in [-0.2, -0.15) is 4.89 Å². The molecule has 1 aromatic rings. The maximum Gasteiger partial charge on any atom is 0.496 e. The van der Waals surface area contributed by atoms with Crippen molar-refractivity contribution in [1.82, 2.24) is 9.55 Å². The Hall–Kier alpha value is -1.26. The minimum absolute atomic E-state index is 0.633. The summed E-state index contributed by atoms with van der Waals surface area (Å²) in [5.74, 6) is 0. The van der Waals surface area contributed by atoms with E-state index in [0.717, 1.165) is 12.3 Å². The lowest BCUT2D eigenvalue weighted by molar-refractivity contribution is -0.338. The first-order valence-electron chi connectivity index (χ1n) is 6.76. The van der Waals surface area contributed by atoms with Crippen molar-refractivity contribution in [1.29, 1.82) is 0 Å². The Morgan fingerprint density at radius 2 is 1.74 bits per heavy atom. The standard InChI is InChI=1S/C9H14N2O14P2/c12-3-1-2-11(9(15)10-3)7-5(14)4(13)6(22-7)8(24-26(16,17)18)23-25-27(19,20)21/h1-2,4-8,13-14H,(H,10,12,15)(H2,16,17,18)(H2,19,20,21)/t4-,5+,6-,7+,8?/m0/s1. The molecule has 0 amide bonds. The Morgan fingerprint density at radius 1 is 1.11 bits per heavy atom. The highest BCUT2D eigenvalue weighted by Crippen LogP contribution is 2.44. The van der Waals surface area contributed by atoms with E-state index in [1.807, 2.05) is 4.98 Å². The fourth-order valence-corrected chi connectivity index (χ4v) is 2.76. The molecule has 5 atom stereocenters. The number of aromatic nitrogens is 2. The molecule has 0 bridgehead atoms. The van der Waals surface area contributed by atoms with E-state index < -0.39 is 57.7 Å². The molecule has 2 heterocycles. The summed E-state index contributed by atoms with van der Waals surface area (Å²) in [4.78, 5) is 63.7. The van der Waals surface area contributed by atoms with E-state index in [4.69, 9.17) is 24.3 Å². The fraction of sp³-hybridized carbons (Fsp3) is 0.556. The number of nitrogens with one attached hydrogen (secondary N) is 1. The maximum atomic E-state index is 11.8. The van der Waals surface area contributed by atoms with Crippen LogP contribution >= 0.6 is 15.6 Å². The normalized spacial score (nSPS) is 27.6. The smallest absolute Gasteiger partial charge is 0.387 e. The minimum atomic E-state index is -5.36. The molecule has 154 valence electrons. The van der Waals surface area contributed by atoms with Gasteiger partial charge >= 0.3 is 21.3 Å². The molecule has 27 heavy (non-hydrogen) atoms. The molecule has 0 radical (unpaired) electrons. The average molecular weight is 436 g/mol. The largest absolute Gasteiger partial charge is 0.496 e. The third-order valence-electron chi connectivity index (χ3n) is 3.14. The van der Waals surface area contributed by atoms with Gasteiger partial charge < -0.3 is 34.5 Å². The topological polar surface area (TPSA) is 247 Å². The van der Waals surface area contributed by atoms with Crippen molar-refractivity contribution < 1.29 is 57.7 Å². The Labute approximate surface area is 147 Å². The van der Waals surface area contributed by atoms with Crippen molar-refractivity contribution in [2.24, 2.45) is 0 Å². The van der Waals surface area contributed by atoms with Gasteiger partial charge in [0.2, 0.25) is 6.29 Å². The summed E-state index contributed by atoms with van der Waals surface area (Å²) in [6, 6.07) is 0.883. The highest BCUT2D eigenvalue weighted by Gasteiger charge is 2.51. The zero-order valence-electron chi connectivity index (χ0n) is 12.8. The molecule has 1 aliphatic rings. The highest BCUT2D eigenvalue weighted by atomic mass is 31.2. The molecule has 18 heteroatoms. The van der Waals surface area contributed by atoms with Gasteiger partial charge in [0.15, 0.2) is 6.23 Å². The van der Waals surface area contributed by atoms with Crippen molar-refractivity contribution in [3.05, 3.63) is 33.1 Å². The molecule has 7 N–H and O–H groups in total. The van der Waals surface area contributed by atoms with E-state index in [0.29, 0.717) is 4.57 Å². The predicted octanol–water partition coefficient (Wildman–Crippen LogP) is -3.37. The minimum Gasteiger partial charge on any atom is -0.387 e. The van der Waals surface area contributed by atoms with Crippen molar-refractivity contribution in [2.45, 2.75) is 30.8 Å². The number of aromatic amines is 1. The van der Waals surface area contributed by atoms with Crippen LogP contribution in [0.5, 0.6) is 0 Å². The number of nitrogens with zero attached hydrogens (tertiary/aromatic N) is 1. The monoisotopic (exact) mass is 436 g/mol. The quantitative estimate of drug-likeness (QED) is 0.0954. The molecule has 0 saturated carbocycles. The molecule has 1 saturated heterocycles. The van der Waals surface area contributed by atoms with Gasteiger partial charge in [-0.15, -0.1) is 4.67 Å². The lowest BCUT2D eigenvalue weighted by atomic mass is 10.1. The number of ether oxygens (including phenoxy) is 1. The Bertz CT molecular complexity index is 870. The van der Waals surface area contributed by atoms with Crippen LogP contribution in [0, 0.1) is 0 Å². The summed E-state index contributed by atoms with van der Waals surface area (Å²) in [5, 5.41) is 20.0. The molecule has 0 aliphatic carbocycles. The Kier molecular flexibility index (Phi) is 6.53. The number of phosphoric ester groups is 1. The number of hydrogen-bond acceptors (Lipinski definition) is 10. The Morgan fingerprint density at radius 3 is 2.26 bits per heavy atom. The second kappa shape index (κ2) is 8.00. The van der Waals surface area contributed by atoms with Crippen molar-refractivity contribution >= 4 is 15.6 Å². The number of rotatable bonds is 7. The maximum absolute atomic E-state index is 11.8. The molecule has 1 aromatic heterocycles. The number of aliphatic hydroxyl groups excluding tert-OH is 2. The van der Waals surface area contributed by atoms with Crippen molar-refractivity contribution in [3.63, 3.8) is 0 Å². The number of phosphoric acid groups is 2. The van der Waals surface area contributed by atoms with Gasteiger partial charge in [-0.05, 0) is 0 Å². The summed E-state index contributed by atoms with van der Waals surface area (Å²) in [5.41, 5.74) is -1.83. The summed E-state index contributed by atoms with van der Waals surface area (Å²) in [7, 11) is -10.7. The molecule has 1 fully saturated rings. The van der Waals surface area contributed by atoms with E-state index in [-0.39, 0.29) is 0 Å². The van der Waals surface area contributed by atoms with Crippen LogP contribution in [0.3, 0.4) is 0 Å². The first kappa shape index (κ1) is 22.0. The second-order valence-corrected chi connectivity index (χ2v) is 7.44. The number of aliphatic hydroxyl groups is 2. The average Bonchev–Trinajstić information content (AvgIpc) is 2.78. The summed E-state index contributed by atoms with van der Waals surface area (Å²) < 4.78 is 35.1. The van der Waals surface area contributed by atoms with E-state index in [9.17, 15) is 28.9 Å². The van der Waals surface area contributed by atoms with Crippen LogP contribution < -0.4 is 11.2 Å². The van der Waals surface area contributed by atoms with Gasteiger partial charge in [0, 0.05) is 12.3 Å². The zero-order valence-corrected chi connectivity index (χ0v) is 14.6. The third kappa shape index (κ3) is 5.86. The summed E-state index contributed by atoms with van der Waals surface area (Å²) in [6.07, 6.45) is -9.13. The summed E-state index contributed by atoms with van der Waals surface area (Å²) in [6.45, 7) is 0. The zero-order chi connectivity index (χ0) is 20.6. The van der Waals surface area contributed by atoms with Gasteiger partial charge in [0.25, 0.3) is 5.56 Å². The SMILES string of the molecule is O=c1ccn([C@@H]2O[C@H](C(OOP(=O)(O)O)OP(=O)(O)O)[C@@H](O)[C@H]2O)c(=O)[nH]1. The van der Waals surface area contributed by atoms with Gasteiger partial charge in [0.1, 0.15) is 18.3 Å². The summed E-state index contributed by atoms with van der Waals surface area (Å²) >= 11 is 0. The molecular weight excluding hydrogens is 422 g/mol. The van der Waals surface area contributed by atoms with Gasteiger partial charge in [0.05, 0.1) is 0 Å². The van der Waals surface area contributed by atoms with Crippen LogP contribution in [0.2, 0.25) is 0 Å². The van der Waals surface area contributed by atoms with Crippen LogP contribution in [0.4, 0.5) is 0 Å². The lowest BCUT2D eigenvalue weighted by Gasteiger charge is -2.24. The number of hydrogen-bond donors (Lipinski definition) is 7. The van der Waals surface area contributed by atoms with Crippen molar-refractivity contribution in [3.8, 4) is 0 Å². The molecule has 0 spiro atoms. The van der Waals surface area contributed by atoms with Crippen LogP contribution in [0.1, 0.15) is 6.23 Å². The van der Waals surface area contributed by atoms with E-state index >= 15 is 0 Å². The predicted molar refractivity (Wildman–Crippen MR) is 78.4 cm³/mol. The first-order chi connectivity index (χ1) is 12.3. The molecule has 2 rings (SSSR count). The second-order valence-electron chi connectivity index (χ2n) is 5.12. The van der Waals surface area contributed by atoms with Crippen LogP contribution in [-0.4, -0.2) is 63.9 Å². The molecule has 1 unspecified atom stereocenters. The van der Waals surface area contributed by atoms with E-state index in [1.165, 1.54) is 0 Å². The van der Waals surface area contributed by atoms with Crippen LogP contribution in [0.25, 0.3) is 0 Å². The van der Waals surface area contributed by atoms with Gasteiger partial charge in [-0.1, -0.05) is 0 Å². The van der Waals surface area contributed by atoms with Crippen molar-refractivity contribution in [2.75, 3.05) is 0 Å². The van der Waals surface area contributed by atoms with Crippen LogP contribution in [0.15, 0.2) is 21.9 Å². The van der Waals surface area contributed by atoms with Gasteiger partial charge in [-0.25, -0.2) is 13.9 Å². The lowest BCUT2D eigenvalue weighted by Crippen LogP contribution is -2.41. The first-order valence-corrected chi connectivity index (χ1v) is 9.82. The third-order valence-corrected chi connectivity index (χ3v) is 3.91. The van der Waals surface area contributed by atoms with Gasteiger partial charge in [-0.3, -0.25) is 18.9 Å². The Balaban J connectivity index is 2.30. The molecule has 1 aliphatic heterocycles. The number of H-pyrrole nitrogens is 1. The molecule has 16 nitrogen and oxygen atoms in total. The highest BCUT2D eigenvalue weighted by molar-refractivity contribution is 7.46. The molecule has 0 aromatic carbocycles. The molecular formula is C9H14N2O14P2. The van der Waals surface area contributed by atoms with E-state index in [1.54, 1.807) is 0 Å². The van der Waals surface area contributed by atoms with E-state index in [2.05, 4.69) is 14.1 Å². The van der Waals surface area contributed by atoms with Crippen LogP contribution in [-0.2, 0) is 28.0 Å².